The van der Waals surface area contributed by atoms with Crippen molar-refractivity contribution in [3.8, 4) is 0 Å². The Labute approximate surface area is 216 Å². The predicted octanol–water partition coefficient (Wildman–Crippen LogP) is 3.18. The summed E-state index contributed by atoms with van der Waals surface area (Å²) in [5.74, 6) is 0. The van der Waals surface area contributed by atoms with Crippen LogP contribution >= 0.6 is 0 Å². The molecule has 0 saturated carbocycles. The first-order valence-corrected chi connectivity index (χ1v) is 18.2. The van der Waals surface area contributed by atoms with Gasteiger partial charge in [-0.2, -0.15) is 0 Å². The molecule has 1 fully saturated rings. The van der Waals surface area contributed by atoms with E-state index < -0.39 is 51.9 Å². The van der Waals surface area contributed by atoms with E-state index in [1.54, 1.807) is 0 Å². The average molecular weight is 544 g/mol. The van der Waals surface area contributed by atoms with Crippen LogP contribution in [0.25, 0.3) is 0 Å². The molecule has 1 aromatic heterocycles. The molecule has 0 aromatic carbocycles. The van der Waals surface area contributed by atoms with E-state index in [2.05, 4.69) is 66.3 Å². The molecule has 0 aliphatic carbocycles. The summed E-state index contributed by atoms with van der Waals surface area (Å²) in [5, 5.41) is 23.7. The molecular weight excluding hydrogens is 498 g/mol. The van der Waals surface area contributed by atoms with Crippen molar-refractivity contribution in [2.24, 2.45) is 0 Å². The van der Waals surface area contributed by atoms with E-state index in [4.69, 9.17) is 13.6 Å². The summed E-state index contributed by atoms with van der Waals surface area (Å²) < 4.78 is 21.2. The minimum absolute atomic E-state index is 0.000573. The van der Waals surface area contributed by atoms with E-state index in [1.165, 1.54) is 16.8 Å². The SMILES string of the molecule is C=[N+]([O-])CCC1(O)C(CO[Si](C)(C)C(C)(C)C)OC(n2ccc(=O)[nH]c2=O)C1O[Si](C)(C)C(C)(C)C. The van der Waals surface area contributed by atoms with Crippen LogP contribution in [-0.2, 0) is 13.6 Å². The van der Waals surface area contributed by atoms with Gasteiger partial charge in [0.1, 0.15) is 24.5 Å². The van der Waals surface area contributed by atoms with Gasteiger partial charge < -0.3 is 23.9 Å². The van der Waals surface area contributed by atoms with Crippen LogP contribution in [0, 0.1) is 5.21 Å². The number of H-pyrrole nitrogens is 1. The van der Waals surface area contributed by atoms with Gasteiger partial charge in [0.15, 0.2) is 29.4 Å². The highest BCUT2D eigenvalue weighted by atomic mass is 28.4. The highest BCUT2D eigenvalue weighted by molar-refractivity contribution is 6.74. The van der Waals surface area contributed by atoms with Crippen molar-refractivity contribution in [2.45, 2.75) is 108 Å². The normalized spacial score (nSPS) is 25.8. The maximum atomic E-state index is 12.8. The van der Waals surface area contributed by atoms with Crippen LogP contribution in [0.3, 0.4) is 0 Å². The first kappa shape index (κ1) is 30.6. The quantitative estimate of drug-likeness (QED) is 0.161. The van der Waals surface area contributed by atoms with Crippen LogP contribution in [0.1, 0.15) is 54.2 Å². The summed E-state index contributed by atoms with van der Waals surface area (Å²) in [7, 11) is -4.73. The highest BCUT2D eigenvalue weighted by Crippen LogP contribution is 2.47. The van der Waals surface area contributed by atoms with Gasteiger partial charge in [0.25, 0.3) is 5.56 Å². The van der Waals surface area contributed by atoms with E-state index in [-0.39, 0.29) is 29.6 Å². The maximum Gasteiger partial charge on any atom is 0.330 e. The summed E-state index contributed by atoms with van der Waals surface area (Å²) in [6, 6.07) is 1.22. The Bertz CT molecular complexity index is 1060. The summed E-state index contributed by atoms with van der Waals surface area (Å²) >= 11 is 0. The molecule has 0 bridgehead atoms. The first-order valence-electron chi connectivity index (χ1n) is 12.4. The Hall–Kier alpha value is -1.58. The van der Waals surface area contributed by atoms with Crippen molar-refractivity contribution in [1.29, 1.82) is 0 Å². The molecule has 0 amide bonds. The Morgan fingerprint density at radius 1 is 1.17 bits per heavy atom. The molecule has 1 aliphatic heterocycles. The van der Waals surface area contributed by atoms with E-state index in [1.807, 2.05) is 13.1 Å². The summed E-state index contributed by atoms with van der Waals surface area (Å²) in [5.41, 5.74) is -2.87. The maximum absolute atomic E-state index is 12.8. The molecule has 10 nitrogen and oxygen atoms in total. The standard InChI is InChI=1S/C24H45N3O7Si2/c1-22(2,3)35(8,9)32-16-17-24(30,13-15-26(7)31)19(34-36(10,11)23(4,5)6)20(33-17)27-14-12-18(28)25-21(27)29/h12,14,17,19-20,30H,7,13,15-16H2,1-6,8-11H3,(H,25,28,29). The number of hydroxylamine groups is 1. The van der Waals surface area contributed by atoms with E-state index in [9.17, 15) is 19.9 Å². The number of rotatable bonds is 9. The summed E-state index contributed by atoms with van der Waals surface area (Å²) in [6.07, 6.45) is -1.57. The molecule has 4 unspecified atom stereocenters. The number of aromatic amines is 1. The van der Waals surface area contributed by atoms with Crippen molar-refractivity contribution < 1.29 is 23.4 Å². The molecule has 4 atom stereocenters. The number of aromatic nitrogens is 2. The molecule has 12 heteroatoms. The van der Waals surface area contributed by atoms with Gasteiger partial charge in [0.05, 0.1) is 6.61 Å². The lowest BCUT2D eigenvalue weighted by atomic mass is 9.88. The predicted molar refractivity (Wildman–Crippen MR) is 146 cm³/mol. The molecule has 2 heterocycles. The number of ether oxygens (including phenoxy) is 1. The molecule has 206 valence electrons. The van der Waals surface area contributed by atoms with Gasteiger partial charge in [0.2, 0.25) is 0 Å². The number of hydrogen-bond acceptors (Lipinski definition) is 7. The van der Waals surface area contributed by atoms with Gasteiger partial charge in [-0.1, -0.05) is 41.5 Å². The molecular formula is C24H45N3O7Si2. The Balaban J connectivity index is 2.62. The van der Waals surface area contributed by atoms with Gasteiger partial charge in [-0.3, -0.25) is 14.3 Å². The summed E-state index contributed by atoms with van der Waals surface area (Å²) in [4.78, 5) is 26.8. The zero-order chi connectivity index (χ0) is 27.9. The second-order valence-electron chi connectivity index (χ2n) is 12.8. The van der Waals surface area contributed by atoms with Crippen LogP contribution in [0.2, 0.25) is 36.3 Å². The zero-order valence-corrected chi connectivity index (χ0v) is 25.5. The third-order valence-corrected chi connectivity index (χ3v) is 17.1. The second kappa shape index (κ2) is 10.3. The fourth-order valence-electron chi connectivity index (χ4n) is 3.57. The number of nitrogens with one attached hydrogen (secondary N) is 1. The van der Waals surface area contributed by atoms with Gasteiger partial charge in [-0.15, -0.1) is 0 Å². The van der Waals surface area contributed by atoms with Crippen molar-refractivity contribution in [3.05, 3.63) is 38.3 Å². The topological polar surface area (TPSA) is 129 Å². The van der Waals surface area contributed by atoms with Crippen molar-refractivity contribution in [3.63, 3.8) is 0 Å². The van der Waals surface area contributed by atoms with Gasteiger partial charge in [-0.25, -0.2) is 9.53 Å². The monoisotopic (exact) mass is 543 g/mol. The molecule has 36 heavy (non-hydrogen) atoms. The van der Waals surface area contributed by atoms with Crippen molar-refractivity contribution in [1.82, 2.24) is 9.55 Å². The Morgan fingerprint density at radius 2 is 1.72 bits per heavy atom. The molecule has 1 aromatic rings. The fraction of sp³-hybridized carbons (Fsp3) is 0.792. The third-order valence-electron chi connectivity index (χ3n) is 8.13. The van der Waals surface area contributed by atoms with Crippen molar-refractivity contribution >= 4 is 23.4 Å². The Morgan fingerprint density at radius 3 is 2.19 bits per heavy atom. The molecule has 2 rings (SSSR count). The van der Waals surface area contributed by atoms with E-state index in [0.717, 1.165) is 0 Å². The number of nitrogens with zero attached hydrogens (tertiary/aromatic N) is 2. The third kappa shape index (κ3) is 6.46. The van der Waals surface area contributed by atoms with Crippen LogP contribution in [0.5, 0.6) is 0 Å². The first-order chi connectivity index (χ1) is 16.1. The molecule has 0 spiro atoms. The van der Waals surface area contributed by atoms with Gasteiger partial charge in [-0.05, 0) is 36.3 Å². The molecule has 0 radical (unpaired) electrons. The number of aliphatic hydroxyl groups is 1. The van der Waals surface area contributed by atoms with E-state index >= 15 is 0 Å². The molecule has 2 N–H and O–H groups in total. The molecule has 1 saturated heterocycles. The van der Waals surface area contributed by atoms with Crippen LogP contribution in [0.4, 0.5) is 0 Å². The number of hydrogen-bond donors (Lipinski definition) is 2. The fourth-order valence-corrected chi connectivity index (χ4v) is 5.88. The Kier molecular flexibility index (Phi) is 8.76. The second-order valence-corrected chi connectivity index (χ2v) is 22.4. The van der Waals surface area contributed by atoms with Crippen LogP contribution in [-0.4, -0.2) is 73.7 Å². The average Bonchev–Trinajstić information content (AvgIpc) is 2.95. The van der Waals surface area contributed by atoms with Crippen LogP contribution < -0.4 is 11.2 Å². The lowest BCUT2D eigenvalue weighted by Crippen LogP contribution is -2.57. The van der Waals surface area contributed by atoms with E-state index in [0.29, 0.717) is 4.74 Å². The van der Waals surface area contributed by atoms with Gasteiger partial charge in [0, 0.05) is 18.7 Å². The highest BCUT2D eigenvalue weighted by Gasteiger charge is 2.60. The van der Waals surface area contributed by atoms with Crippen molar-refractivity contribution in [2.75, 3.05) is 13.2 Å². The van der Waals surface area contributed by atoms with Gasteiger partial charge >= 0.3 is 5.69 Å². The summed E-state index contributed by atoms with van der Waals surface area (Å²) in [6.45, 7) is 24.2. The zero-order valence-electron chi connectivity index (χ0n) is 23.5. The minimum atomic E-state index is -2.50. The smallest absolute Gasteiger partial charge is 0.330 e. The van der Waals surface area contributed by atoms with Crippen LogP contribution in [0.15, 0.2) is 21.9 Å². The largest absolute Gasteiger partial charge is 0.624 e. The lowest BCUT2D eigenvalue weighted by molar-refractivity contribution is -0.453. The molecule has 1 aliphatic rings. The minimum Gasteiger partial charge on any atom is -0.624 e. The lowest BCUT2D eigenvalue weighted by Gasteiger charge is -2.43.